The van der Waals surface area contributed by atoms with Gasteiger partial charge in [0.25, 0.3) is 0 Å². The average molecular weight is 212 g/mol. The first-order valence-corrected chi connectivity index (χ1v) is 5.57. The summed E-state index contributed by atoms with van der Waals surface area (Å²) in [6.07, 6.45) is 5.21. The van der Waals surface area contributed by atoms with Crippen LogP contribution >= 0.6 is 0 Å². The van der Waals surface area contributed by atoms with E-state index in [1.54, 1.807) is 0 Å². The molecule has 0 radical (unpaired) electrons. The van der Waals surface area contributed by atoms with Gasteiger partial charge in [-0.05, 0) is 31.1 Å². The van der Waals surface area contributed by atoms with Crippen molar-refractivity contribution in [1.82, 2.24) is 0 Å². The molecule has 2 fully saturated rings. The number of rotatable bonds is 2. The van der Waals surface area contributed by atoms with Crippen molar-refractivity contribution in [3.05, 3.63) is 11.6 Å². The molecule has 0 heterocycles. The third-order valence-electron chi connectivity index (χ3n) is 4.62. The fourth-order valence-corrected chi connectivity index (χ4v) is 3.76. The normalized spacial score (nSPS) is 45.7. The topological polar surface area (TPSA) is 58.9 Å². The standard InChI is InChI=1S/C11H16O4/c1-6-2-7-3-8-4-9(5-10(7)8)11(6,14-12)15-13/h2,6,8-10,12-13H,3-5H2,1H3. The zero-order valence-corrected chi connectivity index (χ0v) is 8.72. The van der Waals surface area contributed by atoms with Crippen molar-refractivity contribution in [2.75, 3.05) is 0 Å². The maximum atomic E-state index is 9.04. The van der Waals surface area contributed by atoms with Crippen LogP contribution in [0.3, 0.4) is 0 Å². The number of allylic oxidation sites excluding steroid dienone is 1. The summed E-state index contributed by atoms with van der Waals surface area (Å²) in [5.74, 6) is 0.0883. The summed E-state index contributed by atoms with van der Waals surface area (Å²) < 4.78 is 0. The second-order valence-electron chi connectivity index (χ2n) is 5.17. The van der Waals surface area contributed by atoms with Crippen LogP contribution in [0.25, 0.3) is 0 Å². The molecule has 2 N–H and O–H groups in total. The van der Waals surface area contributed by atoms with Crippen molar-refractivity contribution in [1.29, 1.82) is 0 Å². The van der Waals surface area contributed by atoms with Crippen LogP contribution in [0.2, 0.25) is 0 Å². The summed E-state index contributed by atoms with van der Waals surface area (Å²) in [6, 6.07) is 0. The quantitative estimate of drug-likeness (QED) is 0.319. The van der Waals surface area contributed by atoms with Gasteiger partial charge in [0.15, 0.2) is 0 Å². The van der Waals surface area contributed by atoms with Crippen LogP contribution < -0.4 is 0 Å². The van der Waals surface area contributed by atoms with E-state index in [0.717, 1.165) is 12.8 Å². The zero-order chi connectivity index (χ0) is 10.6. The molecule has 3 rings (SSSR count). The largest absolute Gasteiger partial charge is 0.249 e. The highest BCUT2D eigenvalue weighted by molar-refractivity contribution is 5.27. The molecular formula is C11H16O4. The van der Waals surface area contributed by atoms with Crippen molar-refractivity contribution in [3.63, 3.8) is 0 Å². The van der Waals surface area contributed by atoms with Crippen LogP contribution in [0.4, 0.5) is 0 Å². The zero-order valence-electron chi connectivity index (χ0n) is 8.72. The van der Waals surface area contributed by atoms with E-state index in [1.165, 1.54) is 12.0 Å². The first kappa shape index (κ1) is 9.78. The minimum absolute atomic E-state index is 0.0914. The molecule has 15 heavy (non-hydrogen) atoms. The fraction of sp³-hybridized carbons (Fsp3) is 0.818. The first-order chi connectivity index (χ1) is 7.21. The lowest BCUT2D eigenvalue weighted by atomic mass is 9.70. The molecule has 0 aromatic heterocycles. The Hall–Kier alpha value is -0.420. The molecule has 0 aromatic carbocycles. The van der Waals surface area contributed by atoms with Gasteiger partial charge in [-0.15, -0.1) is 0 Å². The predicted molar refractivity (Wildman–Crippen MR) is 51.7 cm³/mol. The molecule has 4 nitrogen and oxygen atoms in total. The summed E-state index contributed by atoms with van der Waals surface area (Å²) in [7, 11) is 0. The van der Waals surface area contributed by atoms with E-state index in [-0.39, 0.29) is 11.8 Å². The highest BCUT2D eigenvalue weighted by Crippen LogP contribution is 2.60. The molecule has 4 atom stereocenters. The van der Waals surface area contributed by atoms with Gasteiger partial charge in [-0.3, -0.25) is 0 Å². The molecule has 2 saturated carbocycles. The third-order valence-corrected chi connectivity index (χ3v) is 4.62. The van der Waals surface area contributed by atoms with Gasteiger partial charge in [-0.25, -0.2) is 10.5 Å². The van der Waals surface area contributed by atoms with Gasteiger partial charge in [-0.1, -0.05) is 18.6 Å². The highest BCUT2D eigenvalue weighted by Gasteiger charge is 2.58. The van der Waals surface area contributed by atoms with E-state index in [2.05, 4.69) is 15.9 Å². The maximum Gasteiger partial charge on any atom is 0.242 e. The smallest absolute Gasteiger partial charge is 0.242 e. The summed E-state index contributed by atoms with van der Waals surface area (Å²) >= 11 is 0. The lowest BCUT2D eigenvalue weighted by Gasteiger charge is -2.39. The van der Waals surface area contributed by atoms with E-state index in [1.807, 2.05) is 6.92 Å². The van der Waals surface area contributed by atoms with Gasteiger partial charge in [0.05, 0.1) is 0 Å². The molecular weight excluding hydrogens is 196 g/mol. The Bertz CT molecular complexity index is 308. The van der Waals surface area contributed by atoms with E-state index in [0.29, 0.717) is 11.8 Å². The van der Waals surface area contributed by atoms with Crippen molar-refractivity contribution in [3.8, 4) is 0 Å². The van der Waals surface area contributed by atoms with E-state index >= 15 is 0 Å². The molecule has 84 valence electrons. The first-order valence-electron chi connectivity index (χ1n) is 5.57. The van der Waals surface area contributed by atoms with E-state index in [9.17, 15) is 0 Å². The predicted octanol–water partition coefficient (Wildman–Crippen LogP) is 2.28. The molecule has 0 spiro atoms. The Morgan fingerprint density at radius 2 is 2.07 bits per heavy atom. The number of hydrogen-bond donors (Lipinski definition) is 2. The molecule has 2 bridgehead atoms. The van der Waals surface area contributed by atoms with Gasteiger partial charge in [0, 0.05) is 11.8 Å². The molecule has 0 saturated heterocycles. The summed E-state index contributed by atoms with van der Waals surface area (Å²) in [5.41, 5.74) is 1.45. The molecule has 0 aromatic rings. The average Bonchev–Trinajstić information content (AvgIpc) is 2.51. The SMILES string of the molecule is CC1C=C2CC3CC(CC23)C1(OO)OO. The van der Waals surface area contributed by atoms with Crippen molar-refractivity contribution in [2.24, 2.45) is 23.7 Å². The van der Waals surface area contributed by atoms with Gasteiger partial charge in [0.2, 0.25) is 5.79 Å². The van der Waals surface area contributed by atoms with Crippen molar-refractivity contribution in [2.45, 2.75) is 32.0 Å². The minimum atomic E-state index is -1.24. The minimum Gasteiger partial charge on any atom is -0.249 e. The highest BCUT2D eigenvalue weighted by atomic mass is 17.2. The number of fused-ring (bicyclic) bond motifs is 1. The third kappa shape index (κ3) is 1.05. The van der Waals surface area contributed by atoms with E-state index in [4.69, 9.17) is 10.5 Å². The van der Waals surface area contributed by atoms with Crippen LogP contribution in [0.1, 0.15) is 26.2 Å². The van der Waals surface area contributed by atoms with Crippen LogP contribution in [0.5, 0.6) is 0 Å². The Morgan fingerprint density at radius 3 is 2.73 bits per heavy atom. The monoisotopic (exact) mass is 212 g/mol. The summed E-state index contributed by atoms with van der Waals surface area (Å²) in [6.45, 7) is 1.91. The van der Waals surface area contributed by atoms with Gasteiger partial charge in [-0.2, -0.15) is 9.78 Å². The Kier molecular flexibility index (Phi) is 1.98. The van der Waals surface area contributed by atoms with Crippen LogP contribution in [-0.2, 0) is 9.78 Å². The second kappa shape index (κ2) is 3.04. The Morgan fingerprint density at radius 1 is 1.33 bits per heavy atom. The van der Waals surface area contributed by atoms with Crippen molar-refractivity contribution < 1.29 is 20.3 Å². The van der Waals surface area contributed by atoms with Crippen LogP contribution in [0.15, 0.2) is 11.6 Å². The van der Waals surface area contributed by atoms with Gasteiger partial charge in [0.1, 0.15) is 0 Å². The lowest BCUT2D eigenvalue weighted by Crippen LogP contribution is -2.47. The van der Waals surface area contributed by atoms with Crippen molar-refractivity contribution >= 4 is 0 Å². The molecule has 4 unspecified atom stereocenters. The fourth-order valence-electron chi connectivity index (χ4n) is 3.76. The Labute approximate surface area is 88.4 Å². The van der Waals surface area contributed by atoms with Crippen LogP contribution in [0, 0.1) is 23.7 Å². The summed E-state index contributed by atoms with van der Waals surface area (Å²) in [4.78, 5) is 9.00. The molecule has 3 aliphatic carbocycles. The molecule has 3 aliphatic rings. The maximum absolute atomic E-state index is 9.04. The number of hydrogen-bond acceptors (Lipinski definition) is 4. The van der Waals surface area contributed by atoms with E-state index < -0.39 is 5.79 Å². The molecule has 0 aliphatic heterocycles. The van der Waals surface area contributed by atoms with Crippen LogP contribution in [-0.4, -0.2) is 16.3 Å². The van der Waals surface area contributed by atoms with Gasteiger partial charge < -0.3 is 0 Å². The Balaban J connectivity index is 2.02. The molecule has 4 heteroatoms. The second-order valence-corrected chi connectivity index (χ2v) is 5.17. The lowest BCUT2D eigenvalue weighted by molar-refractivity contribution is -0.509. The molecule has 0 amide bonds. The van der Waals surface area contributed by atoms with Gasteiger partial charge >= 0.3 is 0 Å². The summed E-state index contributed by atoms with van der Waals surface area (Å²) in [5, 5.41) is 18.1.